The highest BCUT2D eigenvalue weighted by Gasteiger charge is 2.25. The van der Waals surface area contributed by atoms with Crippen molar-refractivity contribution >= 4 is 27.5 Å². The molecule has 15 heavy (non-hydrogen) atoms. The highest BCUT2D eigenvalue weighted by atomic mass is 79.9. The second-order valence-electron chi connectivity index (χ2n) is 3.53. The Balaban J connectivity index is 2.35. The molecule has 5 heteroatoms. The number of halogens is 3. The van der Waals surface area contributed by atoms with Gasteiger partial charge in [0, 0.05) is 12.0 Å². The molecule has 80 valence electrons. The molecule has 0 aromatic heterocycles. The Morgan fingerprint density at radius 1 is 1.33 bits per heavy atom. The summed E-state index contributed by atoms with van der Waals surface area (Å²) in [7, 11) is 0. The van der Waals surface area contributed by atoms with Crippen molar-refractivity contribution in [2.24, 2.45) is 16.6 Å². The Kier molecular flexibility index (Phi) is 2.73. The molecule has 0 unspecified atom stereocenters. The molecule has 1 fully saturated rings. The molecular weight excluding hydrogens is 266 g/mol. The van der Waals surface area contributed by atoms with E-state index in [9.17, 15) is 8.78 Å². The summed E-state index contributed by atoms with van der Waals surface area (Å²) in [5, 5.41) is 0. The maximum absolute atomic E-state index is 13.3. The van der Waals surface area contributed by atoms with E-state index in [1.54, 1.807) is 0 Å². The number of benzene rings is 1. The van der Waals surface area contributed by atoms with Gasteiger partial charge in [-0.05, 0) is 34.8 Å². The fourth-order valence-corrected chi connectivity index (χ4v) is 1.52. The molecule has 1 aromatic rings. The van der Waals surface area contributed by atoms with Crippen LogP contribution in [0.1, 0.15) is 12.8 Å². The molecule has 1 saturated carbocycles. The first kappa shape index (κ1) is 10.5. The van der Waals surface area contributed by atoms with Crippen LogP contribution in [0.5, 0.6) is 0 Å². The Morgan fingerprint density at radius 3 is 2.60 bits per heavy atom. The Morgan fingerprint density at radius 2 is 2.00 bits per heavy atom. The Hall–Kier alpha value is -0.970. The average Bonchev–Trinajstić information content (AvgIpc) is 2.97. The zero-order valence-electron chi connectivity index (χ0n) is 7.80. The van der Waals surface area contributed by atoms with Crippen molar-refractivity contribution in [2.45, 2.75) is 12.8 Å². The molecule has 1 aliphatic carbocycles. The molecule has 0 radical (unpaired) electrons. The van der Waals surface area contributed by atoms with Crippen molar-refractivity contribution in [2.75, 3.05) is 0 Å². The lowest BCUT2D eigenvalue weighted by molar-refractivity contribution is 0.596. The van der Waals surface area contributed by atoms with Crippen LogP contribution in [0.3, 0.4) is 0 Å². The fraction of sp³-hybridized carbons (Fsp3) is 0.300. The van der Waals surface area contributed by atoms with Crippen molar-refractivity contribution < 1.29 is 8.78 Å². The van der Waals surface area contributed by atoms with Crippen LogP contribution in [0.2, 0.25) is 0 Å². The number of hydrogen-bond donors (Lipinski definition) is 1. The second-order valence-corrected chi connectivity index (χ2v) is 4.38. The topological polar surface area (TPSA) is 38.4 Å². The SMILES string of the molecule is NC(=Nc1cc(F)c(Br)cc1F)C1CC1. The van der Waals surface area contributed by atoms with Gasteiger partial charge < -0.3 is 5.73 Å². The molecule has 0 heterocycles. The van der Waals surface area contributed by atoms with Gasteiger partial charge in [-0.2, -0.15) is 0 Å². The van der Waals surface area contributed by atoms with E-state index < -0.39 is 11.6 Å². The van der Waals surface area contributed by atoms with Crippen LogP contribution < -0.4 is 5.73 Å². The molecule has 2 N–H and O–H groups in total. The van der Waals surface area contributed by atoms with Crippen LogP contribution >= 0.6 is 15.9 Å². The van der Waals surface area contributed by atoms with Crippen LogP contribution in [0.15, 0.2) is 21.6 Å². The number of rotatable bonds is 2. The Bertz CT molecular complexity index is 428. The summed E-state index contributed by atoms with van der Waals surface area (Å²) in [6, 6.07) is 2.09. The van der Waals surface area contributed by atoms with Crippen molar-refractivity contribution in [3.05, 3.63) is 28.2 Å². The third-order valence-corrected chi connectivity index (χ3v) is 2.84. The minimum Gasteiger partial charge on any atom is -0.387 e. The number of nitrogens with zero attached hydrogens (tertiary/aromatic N) is 1. The number of aliphatic imine (C=N–C) groups is 1. The first-order chi connectivity index (χ1) is 7.08. The van der Waals surface area contributed by atoms with Crippen molar-refractivity contribution in [1.82, 2.24) is 0 Å². The fourth-order valence-electron chi connectivity index (χ4n) is 1.21. The van der Waals surface area contributed by atoms with Crippen LogP contribution in [0.4, 0.5) is 14.5 Å². The van der Waals surface area contributed by atoms with Crippen LogP contribution in [0, 0.1) is 17.6 Å². The third kappa shape index (κ3) is 2.34. The first-order valence-electron chi connectivity index (χ1n) is 4.56. The Labute approximate surface area is 94.3 Å². The van der Waals surface area contributed by atoms with Crippen molar-refractivity contribution in [1.29, 1.82) is 0 Å². The second kappa shape index (κ2) is 3.89. The average molecular weight is 275 g/mol. The standard InChI is InChI=1S/C10H9BrF2N2/c11-6-3-8(13)9(4-7(6)12)15-10(14)5-1-2-5/h3-5H,1-2H2,(H2,14,15). The van der Waals surface area contributed by atoms with Gasteiger partial charge in [0.15, 0.2) is 0 Å². The number of amidine groups is 1. The molecule has 1 aromatic carbocycles. The summed E-state index contributed by atoms with van der Waals surface area (Å²) in [5.74, 6) is -0.489. The van der Waals surface area contributed by atoms with Gasteiger partial charge in [-0.25, -0.2) is 13.8 Å². The highest BCUT2D eigenvalue weighted by molar-refractivity contribution is 9.10. The van der Waals surface area contributed by atoms with Gasteiger partial charge >= 0.3 is 0 Å². The smallest absolute Gasteiger partial charge is 0.150 e. The maximum atomic E-state index is 13.3. The zero-order chi connectivity index (χ0) is 11.0. The molecule has 2 nitrogen and oxygen atoms in total. The minimum absolute atomic E-state index is 0.0416. The van der Waals surface area contributed by atoms with Gasteiger partial charge in [0.25, 0.3) is 0 Å². The van der Waals surface area contributed by atoms with E-state index in [-0.39, 0.29) is 16.1 Å². The van der Waals surface area contributed by atoms with Crippen molar-refractivity contribution in [3.8, 4) is 0 Å². The van der Waals surface area contributed by atoms with Gasteiger partial charge in [0.2, 0.25) is 0 Å². The monoisotopic (exact) mass is 274 g/mol. The van der Waals surface area contributed by atoms with Gasteiger partial charge in [-0.15, -0.1) is 0 Å². The largest absolute Gasteiger partial charge is 0.387 e. The van der Waals surface area contributed by atoms with E-state index >= 15 is 0 Å². The highest BCUT2D eigenvalue weighted by Crippen LogP contribution is 2.31. The van der Waals surface area contributed by atoms with E-state index in [1.165, 1.54) is 0 Å². The van der Waals surface area contributed by atoms with E-state index in [1.807, 2.05) is 0 Å². The minimum atomic E-state index is -0.577. The summed E-state index contributed by atoms with van der Waals surface area (Å²) in [5.41, 5.74) is 5.58. The molecule has 1 aliphatic rings. The molecule has 0 aliphatic heterocycles. The lowest BCUT2D eigenvalue weighted by atomic mass is 10.3. The summed E-state index contributed by atoms with van der Waals surface area (Å²) in [6.45, 7) is 0. The summed E-state index contributed by atoms with van der Waals surface area (Å²) in [6.07, 6.45) is 1.96. The molecular formula is C10H9BrF2N2. The molecule has 2 rings (SSSR count). The molecule has 0 amide bonds. The van der Waals surface area contributed by atoms with Gasteiger partial charge in [-0.3, -0.25) is 0 Å². The van der Waals surface area contributed by atoms with E-state index in [4.69, 9.17) is 5.73 Å². The summed E-state index contributed by atoms with van der Waals surface area (Å²) < 4.78 is 26.5. The lowest BCUT2D eigenvalue weighted by Gasteiger charge is -2.01. The summed E-state index contributed by atoms with van der Waals surface area (Å²) >= 11 is 2.89. The number of hydrogen-bond acceptors (Lipinski definition) is 1. The molecule has 0 spiro atoms. The van der Waals surface area contributed by atoms with Crippen LogP contribution in [-0.2, 0) is 0 Å². The molecule has 0 saturated heterocycles. The third-order valence-electron chi connectivity index (χ3n) is 2.23. The number of nitrogens with two attached hydrogens (primary N) is 1. The predicted molar refractivity (Wildman–Crippen MR) is 58.1 cm³/mol. The van der Waals surface area contributed by atoms with Crippen LogP contribution in [0.25, 0.3) is 0 Å². The normalized spacial score (nSPS) is 16.9. The van der Waals surface area contributed by atoms with Crippen LogP contribution in [-0.4, -0.2) is 5.84 Å². The maximum Gasteiger partial charge on any atom is 0.150 e. The lowest BCUT2D eigenvalue weighted by Crippen LogP contribution is -2.13. The van der Waals surface area contributed by atoms with Gasteiger partial charge in [-0.1, -0.05) is 0 Å². The zero-order valence-corrected chi connectivity index (χ0v) is 9.39. The predicted octanol–water partition coefficient (Wildman–Crippen LogP) is 3.13. The van der Waals surface area contributed by atoms with Crippen molar-refractivity contribution in [3.63, 3.8) is 0 Å². The van der Waals surface area contributed by atoms with E-state index in [0.717, 1.165) is 25.0 Å². The van der Waals surface area contributed by atoms with Gasteiger partial charge in [0.05, 0.1) is 4.47 Å². The molecule has 0 atom stereocenters. The quantitative estimate of drug-likeness (QED) is 0.502. The summed E-state index contributed by atoms with van der Waals surface area (Å²) in [4.78, 5) is 3.88. The molecule has 0 bridgehead atoms. The first-order valence-corrected chi connectivity index (χ1v) is 5.36. The van der Waals surface area contributed by atoms with E-state index in [0.29, 0.717) is 5.84 Å². The van der Waals surface area contributed by atoms with E-state index in [2.05, 4.69) is 20.9 Å². The van der Waals surface area contributed by atoms with Gasteiger partial charge in [0.1, 0.15) is 23.2 Å².